The van der Waals surface area contributed by atoms with Gasteiger partial charge in [-0.15, -0.1) is 0 Å². The topological polar surface area (TPSA) is 26.3 Å². The monoisotopic (exact) mass is 352 g/mol. The van der Waals surface area contributed by atoms with Crippen LogP contribution in [-0.2, 0) is 11.2 Å². The van der Waals surface area contributed by atoms with Gasteiger partial charge in [0.25, 0.3) is 0 Å². The summed E-state index contributed by atoms with van der Waals surface area (Å²) in [6, 6.07) is 2.93. The smallest absolute Gasteiger partial charge is 0.314 e. The predicted molar refractivity (Wildman–Crippen MR) is 95.6 cm³/mol. The summed E-state index contributed by atoms with van der Waals surface area (Å²) in [5.41, 5.74) is 0.353. The third-order valence-corrected chi connectivity index (χ3v) is 5.26. The molecule has 4 heteroatoms. The van der Waals surface area contributed by atoms with Gasteiger partial charge in [0, 0.05) is 0 Å². The maximum atomic E-state index is 14.2. The van der Waals surface area contributed by atoms with Gasteiger partial charge < -0.3 is 4.74 Å². The lowest BCUT2D eigenvalue weighted by Gasteiger charge is -2.26. The third-order valence-electron chi connectivity index (χ3n) is 5.26. The molecule has 1 fully saturated rings. The van der Waals surface area contributed by atoms with E-state index in [0.717, 1.165) is 51.4 Å². The molecule has 0 heterocycles. The number of hydrogen-bond donors (Lipinski definition) is 0. The zero-order chi connectivity index (χ0) is 18.2. The highest BCUT2D eigenvalue weighted by Crippen LogP contribution is 2.33. The number of rotatable bonds is 8. The third kappa shape index (κ3) is 5.52. The molecule has 0 bridgehead atoms. The Morgan fingerprint density at radius 1 is 1.04 bits per heavy atom. The molecule has 2 nitrogen and oxygen atoms in total. The van der Waals surface area contributed by atoms with Crippen molar-refractivity contribution in [1.29, 1.82) is 0 Å². The summed E-state index contributed by atoms with van der Waals surface area (Å²) >= 11 is 0. The van der Waals surface area contributed by atoms with Crippen LogP contribution in [0.2, 0.25) is 0 Å². The number of aryl methyl sites for hydroxylation is 1. The van der Waals surface area contributed by atoms with E-state index in [1.165, 1.54) is 18.6 Å². The fourth-order valence-electron chi connectivity index (χ4n) is 3.70. The van der Waals surface area contributed by atoms with Gasteiger partial charge in [0.05, 0.1) is 5.92 Å². The fourth-order valence-corrected chi connectivity index (χ4v) is 3.70. The molecule has 0 aromatic heterocycles. The average molecular weight is 352 g/mol. The molecule has 25 heavy (non-hydrogen) atoms. The van der Waals surface area contributed by atoms with E-state index < -0.39 is 17.6 Å². The lowest BCUT2D eigenvalue weighted by molar-refractivity contribution is -0.140. The van der Waals surface area contributed by atoms with Crippen molar-refractivity contribution in [2.45, 2.75) is 78.1 Å². The van der Waals surface area contributed by atoms with Gasteiger partial charge in [0.15, 0.2) is 11.6 Å². The normalized spacial score (nSPS) is 20.5. The van der Waals surface area contributed by atoms with Gasteiger partial charge in [-0.1, -0.05) is 45.6 Å². The summed E-state index contributed by atoms with van der Waals surface area (Å²) in [6.07, 6.45) is 9.29. The Bertz CT molecular complexity index is 563. The first-order chi connectivity index (χ1) is 12.1. The van der Waals surface area contributed by atoms with Crippen molar-refractivity contribution in [3.8, 4) is 5.75 Å². The first-order valence-electron chi connectivity index (χ1n) is 9.75. The molecule has 0 atom stereocenters. The molecule has 1 aliphatic rings. The number of carbonyl (C=O) groups is 1. The highest BCUT2D eigenvalue weighted by molar-refractivity contribution is 5.75. The molecule has 1 aliphatic carbocycles. The van der Waals surface area contributed by atoms with Gasteiger partial charge in [-0.25, -0.2) is 4.39 Å². The Hall–Kier alpha value is -1.45. The number of ether oxygens (including phenoxy) is 1. The summed E-state index contributed by atoms with van der Waals surface area (Å²) in [6.45, 7) is 4.23. The van der Waals surface area contributed by atoms with Crippen molar-refractivity contribution < 1.29 is 18.3 Å². The summed E-state index contributed by atoms with van der Waals surface area (Å²) in [7, 11) is 0. The maximum Gasteiger partial charge on any atom is 0.314 e. The molecule has 0 unspecified atom stereocenters. The fraction of sp³-hybridized carbons (Fsp3) is 0.667. The average Bonchev–Trinajstić information content (AvgIpc) is 2.62. The first-order valence-corrected chi connectivity index (χ1v) is 9.75. The van der Waals surface area contributed by atoms with E-state index in [-0.39, 0.29) is 11.7 Å². The quantitative estimate of drug-likeness (QED) is 0.316. The summed E-state index contributed by atoms with van der Waals surface area (Å²) in [4.78, 5) is 12.3. The molecule has 140 valence electrons. The molecule has 0 N–H and O–H groups in total. The number of benzene rings is 1. The number of halogens is 2. The van der Waals surface area contributed by atoms with Crippen LogP contribution in [0.5, 0.6) is 5.75 Å². The second-order valence-electron chi connectivity index (χ2n) is 7.24. The van der Waals surface area contributed by atoms with Crippen molar-refractivity contribution in [1.82, 2.24) is 0 Å². The Morgan fingerprint density at radius 2 is 1.76 bits per heavy atom. The van der Waals surface area contributed by atoms with Crippen LogP contribution in [0.4, 0.5) is 8.78 Å². The molecular formula is C21H30F2O2. The van der Waals surface area contributed by atoms with E-state index in [1.807, 2.05) is 0 Å². The predicted octanol–water partition coefficient (Wildman–Crippen LogP) is 6.21. The van der Waals surface area contributed by atoms with Gasteiger partial charge in [0.2, 0.25) is 5.82 Å². The van der Waals surface area contributed by atoms with Crippen LogP contribution in [0.1, 0.15) is 77.2 Å². The zero-order valence-electron chi connectivity index (χ0n) is 15.5. The minimum atomic E-state index is -1.04. The van der Waals surface area contributed by atoms with Crippen LogP contribution in [0.3, 0.4) is 0 Å². The molecule has 1 saturated carbocycles. The number of hydrogen-bond acceptors (Lipinski definition) is 2. The van der Waals surface area contributed by atoms with Crippen molar-refractivity contribution in [3.05, 3.63) is 29.3 Å². The van der Waals surface area contributed by atoms with Gasteiger partial charge in [-0.2, -0.15) is 4.39 Å². The number of unbranched alkanes of at least 4 members (excludes halogenated alkanes) is 2. The SMILES string of the molecule is CCCCCc1ccc(OC(=O)[C@H]2CC[C@H](CCC)CC2)c(F)c1F. The van der Waals surface area contributed by atoms with Crippen LogP contribution in [0.25, 0.3) is 0 Å². The van der Waals surface area contributed by atoms with Crippen LogP contribution in [0.15, 0.2) is 12.1 Å². The molecule has 0 saturated heterocycles. The molecule has 0 amide bonds. The van der Waals surface area contributed by atoms with Crippen LogP contribution >= 0.6 is 0 Å². The van der Waals surface area contributed by atoms with Gasteiger partial charge >= 0.3 is 5.97 Å². The molecule has 1 aromatic carbocycles. The molecule has 2 rings (SSSR count). The van der Waals surface area contributed by atoms with E-state index in [0.29, 0.717) is 17.9 Å². The largest absolute Gasteiger partial charge is 0.423 e. The Labute approximate surface area is 150 Å². The second kappa shape index (κ2) is 9.88. The molecule has 0 spiro atoms. The molecule has 0 aliphatic heterocycles. The highest BCUT2D eigenvalue weighted by atomic mass is 19.2. The van der Waals surface area contributed by atoms with E-state index in [9.17, 15) is 13.6 Å². The van der Waals surface area contributed by atoms with E-state index in [1.54, 1.807) is 0 Å². The number of carbonyl (C=O) groups excluding carboxylic acids is 1. The summed E-state index contributed by atoms with van der Waals surface area (Å²) < 4.78 is 33.5. The Balaban J connectivity index is 1.93. The van der Waals surface area contributed by atoms with E-state index in [4.69, 9.17) is 4.74 Å². The van der Waals surface area contributed by atoms with Crippen molar-refractivity contribution in [3.63, 3.8) is 0 Å². The maximum absolute atomic E-state index is 14.2. The Morgan fingerprint density at radius 3 is 2.40 bits per heavy atom. The van der Waals surface area contributed by atoms with Gasteiger partial charge in [0.1, 0.15) is 0 Å². The molecule has 0 radical (unpaired) electrons. The van der Waals surface area contributed by atoms with E-state index in [2.05, 4.69) is 13.8 Å². The van der Waals surface area contributed by atoms with Crippen LogP contribution in [0, 0.1) is 23.5 Å². The minimum Gasteiger partial charge on any atom is -0.423 e. The second-order valence-corrected chi connectivity index (χ2v) is 7.24. The standard InChI is InChI=1S/C21H30F2O2/c1-3-5-6-8-16-13-14-18(20(23)19(16)22)25-21(24)17-11-9-15(7-4-2)10-12-17/h13-15,17H,3-12H2,1-2H3/t15-,17-. The van der Waals surface area contributed by atoms with Crippen LogP contribution in [-0.4, -0.2) is 5.97 Å². The molecular weight excluding hydrogens is 322 g/mol. The summed E-state index contributed by atoms with van der Waals surface area (Å²) in [5.74, 6) is -2.13. The summed E-state index contributed by atoms with van der Waals surface area (Å²) in [5, 5.41) is 0. The van der Waals surface area contributed by atoms with Crippen LogP contribution < -0.4 is 4.74 Å². The Kier molecular flexibility index (Phi) is 7.86. The highest BCUT2D eigenvalue weighted by Gasteiger charge is 2.28. The first kappa shape index (κ1) is 19.9. The van der Waals surface area contributed by atoms with Crippen molar-refractivity contribution >= 4 is 5.97 Å². The minimum absolute atomic E-state index is 0.195. The van der Waals surface area contributed by atoms with E-state index >= 15 is 0 Å². The molecule has 1 aromatic rings. The lowest BCUT2D eigenvalue weighted by atomic mass is 9.80. The van der Waals surface area contributed by atoms with Crippen molar-refractivity contribution in [2.75, 3.05) is 0 Å². The number of esters is 1. The van der Waals surface area contributed by atoms with Crippen molar-refractivity contribution in [2.24, 2.45) is 11.8 Å². The van der Waals surface area contributed by atoms with Gasteiger partial charge in [-0.05, 0) is 56.1 Å². The van der Waals surface area contributed by atoms with Gasteiger partial charge in [-0.3, -0.25) is 4.79 Å². The lowest BCUT2D eigenvalue weighted by Crippen LogP contribution is -2.26. The zero-order valence-corrected chi connectivity index (χ0v) is 15.5.